The van der Waals surface area contributed by atoms with Crippen molar-refractivity contribution in [3.05, 3.63) is 82.1 Å². The first-order chi connectivity index (χ1) is 19.7. The number of benzene rings is 2. The van der Waals surface area contributed by atoms with Crippen molar-refractivity contribution in [3.8, 4) is 11.1 Å². The average molecular weight is 584 g/mol. The van der Waals surface area contributed by atoms with E-state index in [1.54, 1.807) is 36.5 Å². The molecule has 1 fully saturated rings. The normalized spacial score (nSPS) is 21.1. The summed E-state index contributed by atoms with van der Waals surface area (Å²) in [4.78, 5) is 44.6. The van der Waals surface area contributed by atoms with E-state index in [2.05, 4.69) is 10.3 Å². The number of carbonyl (C=O) groups excluding carboxylic acids is 3. The Morgan fingerprint density at radius 2 is 1.93 bits per heavy atom. The standard InChI is InChI=1S/C30H28ClF2N3O5/c1-16-4-3-5-24(36-13-11-25(41-30(36)39)26-21(32)8-7-20(31)27(26)33)23-15-17(10-12-34-23)19-14-18(29(38)40-2)6-9-22(19)35-28(16)37/h6-10,12,14-16,24-25H,3-5,11,13H2,1-2H3,(H,35,37)/t16-,24+,25-/m1/s1. The van der Waals surface area contributed by atoms with Gasteiger partial charge < -0.3 is 14.8 Å². The van der Waals surface area contributed by atoms with E-state index in [0.29, 0.717) is 47.3 Å². The monoisotopic (exact) mass is 583 g/mol. The van der Waals surface area contributed by atoms with Gasteiger partial charge >= 0.3 is 12.1 Å². The highest BCUT2D eigenvalue weighted by Crippen LogP contribution is 2.39. The van der Waals surface area contributed by atoms with Gasteiger partial charge in [0.15, 0.2) is 5.82 Å². The van der Waals surface area contributed by atoms with Gasteiger partial charge in [0, 0.05) is 36.3 Å². The number of fused-ring (bicyclic) bond motifs is 4. The predicted molar refractivity (Wildman–Crippen MR) is 147 cm³/mol. The molecule has 2 amide bonds. The molecule has 2 aliphatic heterocycles. The van der Waals surface area contributed by atoms with Crippen LogP contribution >= 0.6 is 11.6 Å². The molecule has 1 N–H and O–H groups in total. The van der Waals surface area contributed by atoms with Gasteiger partial charge in [-0.15, -0.1) is 0 Å². The minimum Gasteiger partial charge on any atom is -0.465 e. The zero-order valence-electron chi connectivity index (χ0n) is 22.5. The Morgan fingerprint density at radius 3 is 2.68 bits per heavy atom. The topological polar surface area (TPSA) is 97.8 Å². The molecule has 0 radical (unpaired) electrons. The minimum atomic E-state index is -1.13. The van der Waals surface area contributed by atoms with Crippen molar-refractivity contribution < 1.29 is 32.6 Å². The summed E-state index contributed by atoms with van der Waals surface area (Å²) in [6.45, 7) is 1.98. The van der Waals surface area contributed by atoms with Gasteiger partial charge in [0.2, 0.25) is 5.91 Å². The largest absolute Gasteiger partial charge is 0.465 e. The number of hydrogen-bond acceptors (Lipinski definition) is 6. The molecule has 2 aromatic carbocycles. The fourth-order valence-electron chi connectivity index (χ4n) is 5.32. The molecule has 214 valence electrons. The van der Waals surface area contributed by atoms with Crippen molar-refractivity contribution in [1.29, 1.82) is 0 Å². The lowest BCUT2D eigenvalue weighted by Crippen LogP contribution is -2.42. The number of esters is 1. The first-order valence-corrected chi connectivity index (χ1v) is 13.7. The fourth-order valence-corrected chi connectivity index (χ4v) is 5.49. The highest BCUT2D eigenvalue weighted by molar-refractivity contribution is 6.30. The van der Waals surface area contributed by atoms with Crippen LogP contribution in [0.2, 0.25) is 5.02 Å². The van der Waals surface area contributed by atoms with Crippen LogP contribution in [0.3, 0.4) is 0 Å². The maximum Gasteiger partial charge on any atom is 0.410 e. The SMILES string of the molecule is COC(=O)c1ccc2c(c1)-c1ccnc(c1)[C@@H](N1CC[C@H](c3c(F)ccc(Cl)c3F)OC1=O)CCC[C@@H](C)C(=O)N2. The van der Waals surface area contributed by atoms with Crippen LogP contribution in [0, 0.1) is 17.6 Å². The summed E-state index contributed by atoms with van der Waals surface area (Å²) in [6.07, 6.45) is 1.49. The molecule has 0 saturated carbocycles. The fraction of sp³-hybridized carbons (Fsp3) is 0.333. The molecule has 3 atom stereocenters. The van der Waals surface area contributed by atoms with Crippen LogP contribution in [-0.2, 0) is 14.3 Å². The third-order valence-corrected chi connectivity index (χ3v) is 7.87. The molecular formula is C30H28ClF2N3O5. The molecule has 3 aromatic rings. The first kappa shape index (κ1) is 28.5. The van der Waals surface area contributed by atoms with Crippen LogP contribution in [0.15, 0.2) is 48.7 Å². The number of rotatable bonds is 3. The smallest absolute Gasteiger partial charge is 0.410 e. The summed E-state index contributed by atoms with van der Waals surface area (Å²) in [6, 6.07) is 10.1. The van der Waals surface area contributed by atoms with Crippen molar-refractivity contribution in [2.24, 2.45) is 5.92 Å². The first-order valence-electron chi connectivity index (χ1n) is 13.3. The van der Waals surface area contributed by atoms with Crippen molar-refractivity contribution in [2.45, 2.75) is 44.8 Å². The average Bonchev–Trinajstić information content (AvgIpc) is 2.97. The number of anilines is 1. The van der Waals surface area contributed by atoms with E-state index < -0.39 is 35.8 Å². The summed E-state index contributed by atoms with van der Waals surface area (Å²) >= 11 is 5.86. The Kier molecular flexibility index (Phi) is 8.21. The number of methoxy groups -OCH3 is 1. The quantitative estimate of drug-likeness (QED) is 0.267. The number of nitrogens with zero attached hydrogens (tertiary/aromatic N) is 2. The van der Waals surface area contributed by atoms with E-state index in [1.165, 1.54) is 12.0 Å². The number of cyclic esters (lactones) is 1. The maximum atomic E-state index is 14.7. The van der Waals surface area contributed by atoms with Gasteiger partial charge in [0.25, 0.3) is 0 Å². The van der Waals surface area contributed by atoms with Crippen molar-refractivity contribution in [3.63, 3.8) is 0 Å². The molecule has 3 heterocycles. The van der Waals surface area contributed by atoms with Gasteiger partial charge in [-0.05, 0) is 60.9 Å². The molecule has 1 saturated heterocycles. The third kappa shape index (κ3) is 5.74. The molecule has 8 nitrogen and oxygen atoms in total. The lowest BCUT2D eigenvalue weighted by molar-refractivity contribution is -0.119. The number of ether oxygens (including phenoxy) is 2. The highest BCUT2D eigenvalue weighted by Gasteiger charge is 2.37. The van der Waals surface area contributed by atoms with E-state index in [0.717, 1.165) is 12.1 Å². The second-order valence-corrected chi connectivity index (χ2v) is 10.6. The van der Waals surface area contributed by atoms with E-state index in [4.69, 9.17) is 21.1 Å². The Labute approximate surface area is 240 Å². The number of hydrogen-bond donors (Lipinski definition) is 1. The number of carbonyl (C=O) groups is 3. The zero-order chi connectivity index (χ0) is 29.3. The van der Waals surface area contributed by atoms with Crippen LogP contribution in [0.25, 0.3) is 11.1 Å². The Morgan fingerprint density at radius 1 is 1.12 bits per heavy atom. The molecule has 2 bridgehead atoms. The summed E-state index contributed by atoms with van der Waals surface area (Å²) in [7, 11) is 1.29. The Hall–Kier alpha value is -4.05. The summed E-state index contributed by atoms with van der Waals surface area (Å²) in [5, 5.41) is 2.71. The molecule has 0 spiro atoms. The van der Waals surface area contributed by atoms with Gasteiger partial charge in [-0.25, -0.2) is 18.4 Å². The summed E-state index contributed by atoms with van der Waals surface area (Å²) < 4.78 is 39.6. The molecule has 41 heavy (non-hydrogen) atoms. The number of halogens is 3. The van der Waals surface area contributed by atoms with Crippen LogP contribution in [-0.4, -0.2) is 41.5 Å². The lowest BCUT2D eigenvalue weighted by atomic mass is 9.93. The van der Waals surface area contributed by atoms with E-state index in [9.17, 15) is 23.2 Å². The van der Waals surface area contributed by atoms with Gasteiger partial charge in [-0.3, -0.25) is 14.7 Å². The Bertz CT molecular complexity index is 1520. The highest BCUT2D eigenvalue weighted by atomic mass is 35.5. The third-order valence-electron chi connectivity index (χ3n) is 7.58. The second kappa shape index (κ2) is 11.8. The Balaban J connectivity index is 1.51. The summed E-state index contributed by atoms with van der Waals surface area (Å²) in [5.74, 6) is -2.81. The predicted octanol–water partition coefficient (Wildman–Crippen LogP) is 6.85. The number of aromatic nitrogens is 1. The summed E-state index contributed by atoms with van der Waals surface area (Å²) in [5.41, 5.74) is 2.29. The second-order valence-electron chi connectivity index (χ2n) is 10.2. The van der Waals surface area contributed by atoms with E-state index in [-0.39, 0.29) is 35.4 Å². The van der Waals surface area contributed by atoms with E-state index >= 15 is 0 Å². The van der Waals surface area contributed by atoms with Gasteiger partial charge in [0.1, 0.15) is 11.9 Å². The maximum absolute atomic E-state index is 14.7. The number of amides is 2. The molecule has 2 aliphatic rings. The molecular weight excluding hydrogens is 556 g/mol. The van der Waals surface area contributed by atoms with Crippen molar-refractivity contribution >= 4 is 35.3 Å². The van der Waals surface area contributed by atoms with Gasteiger partial charge in [-0.2, -0.15) is 0 Å². The number of pyridine rings is 1. The molecule has 11 heteroatoms. The molecule has 5 rings (SSSR count). The molecule has 0 aliphatic carbocycles. The lowest BCUT2D eigenvalue weighted by Gasteiger charge is -2.37. The zero-order valence-corrected chi connectivity index (χ0v) is 23.2. The van der Waals surface area contributed by atoms with Gasteiger partial charge in [-0.1, -0.05) is 24.9 Å². The molecule has 0 unspecified atom stereocenters. The van der Waals surface area contributed by atoms with E-state index in [1.807, 2.05) is 6.92 Å². The van der Waals surface area contributed by atoms with Crippen LogP contribution in [0.5, 0.6) is 0 Å². The van der Waals surface area contributed by atoms with Crippen molar-refractivity contribution in [2.75, 3.05) is 19.0 Å². The van der Waals surface area contributed by atoms with Gasteiger partial charge in [0.05, 0.1) is 35.0 Å². The van der Waals surface area contributed by atoms with Crippen LogP contribution < -0.4 is 5.32 Å². The van der Waals surface area contributed by atoms with Crippen LogP contribution in [0.1, 0.15) is 66.4 Å². The molecule has 1 aromatic heterocycles. The van der Waals surface area contributed by atoms with Crippen molar-refractivity contribution in [1.82, 2.24) is 9.88 Å². The van der Waals surface area contributed by atoms with Crippen LogP contribution in [0.4, 0.5) is 19.3 Å². The minimum absolute atomic E-state index is 0.139. The number of nitrogens with one attached hydrogen (secondary N) is 1.